The minimum Gasteiger partial charge on any atom is -0.321 e. The number of carbonyl (C=O) groups excluding carboxylic acids is 1. The third kappa shape index (κ3) is 5.12. The van der Waals surface area contributed by atoms with Crippen LogP contribution in [-0.2, 0) is 13.0 Å². The summed E-state index contributed by atoms with van der Waals surface area (Å²) in [5, 5.41) is 3.59. The van der Waals surface area contributed by atoms with Crippen LogP contribution in [0.5, 0.6) is 0 Å². The number of nitrogens with one attached hydrogen (secondary N) is 2. The van der Waals surface area contributed by atoms with E-state index in [9.17, 15) is 14.0 Å². The van der Waals surface area contributed by atoms with E-state index < -0.39 is 11.8 Å². The first-order chi connectivity index (χ1) is 15.9. The second-order valence-corrected chi connectivity index (χ2v) is 8.18. The molecular weight excluding hydrogens is 417 g/mol. The zero-order valence-electron chi connectivity index (χ0n) is 18.7. The van der Waals surface area contributed by atoms with Gasteiger partial charge in [0.15, 0.2) is 0 Å². The molecule has 0 aliphatic carbocycles. The number of aromatic nitrogens is 1. The molecule has 2 amide bonds. The van der Waals surface area contributed by atoms with Crippen LogP contribution >= 0.6 is 0 Å². The Labute approximate surface area is 191 Å². The summed E-state index contributed by atoms with van der Waals surface area (Å²) in [5.41, 5.74) is 4.24. The number of amides is 2. The van der Waals surface area contributed by atoms with Crippen molar-refractivity contribution in [2.75, 3.05) is 11.9 Å². The lowest BCUT2D eigenvalue weighted by atomic mass is 10.0. The molecule has 0 aliphatic rings. The van der Waals surface area contributed by atoms with Crippen molar-refractivity contribution in [3.63, 3.8) is 0 Å². The van der Waals surface area contributed by atoms with Crippen LogP contribution < -0.4 is 10.9 Å². The monoisotopic (exact) mass is 443 g/mol. The molecule has 5 nitrogen and oxygen atoms in total. The number of hydrogen-bond acceptors (Lipinski definition) is 2. The first-order valence-electron chi connectivity index (χ1n) is 10.9. The summed E-state index contributed by atoms with van der Waals surface area (Å²) in [6.07, 6.45) is 0.606. The Morgan fingerprint density at radius 1 is 0.970 bits per heavy atom. The highest BCUT2D eigenvalue weighted by molar-refractivity contribution is 5.89. The molecule has 0 unspecified atom stereocenters. The topological polar surface area (TPSA) is 65.2 Å². The molecule has 0 saturated heterocycles. The van der Waals surface area contributed by atoms with Crippen molar-refractivity contribution >= 4 is 22.6 Å². The molecule has 0 atom stereocenters. The second kappa shape index (κ2) is 9.69. The number of H-pyrrole nitrogens is 1. The number of anilines is 1. The van der Waals surface area contributed by atoms with Gasteiger partial charge in [-0.3, -0.25) is 4.79 Å². The smallest absolute Gasteiger partial charge is 0.321 e. The van der Waals surface area contributed by atoms with E-state index >= 15 is 0 Å². The van der Waals surface area contributed by atoms with Crippen molar-refractivity contribution in [1.82, 2.24) is 9.88 Å². The number of benzene rings is 3. The lowest BCUT2D eigenvalue weighted by Crippen LogP contribution is -2.37. The van der Waals surface area contributed by atoms with Crippen molar-refractivity contribution in [2.24, 2.45) is 0 Å². The average molecular weight is 444 g/mol. The van der Waals surface area contributed by atoms with Gasteiger partial charge in [0.25, 0.3) is 5.56 Å². The van der Waals surface area contributed by atoms with Gasteiger partial charge in [-0.25, -0.2) is 9.18 Å². The quantitative estimate of drug-likeness (QED) is 0.410. The molecule has 4 aromatic rings. The molecule has 0 fully saturated rings. The van der Waals surface area contributed by atoms with Gasteiger partial charge in [0.1, 0.15) is 5.82 Å². The molecular formula is C27H26FN3O2. The van der Waals surface area contributed by atoms with Crippen LogP contribution in [0, 0.1) is 19.7 Å². The summed E-state index contributed by atoms with van der Waals surface area (Å²) in [6, 6.07) is 21.2. The van der Waals surface area contributed by atoms with E-state index in [1.165, 1.54) is 12.1 Å². The fraction of sp³-hybridized carbons (Fsp3) is 0.185. The normalized spacial score (nSPS) is 10.9. The molecule has 3 aromatic carbocycles. The number of para-hydroxylation sites is 1. The van der Waals surface area contributed by atoms with Gasteiger partial charge in [0.05, 0.1) is 17.7 Å². The maximum absolute atomic E-state index is 14.1. The molecule has 1 heterocycles. The van der Waals surface area contributed by atoms with Crippen LogP contribution in [0.3, 0.4) is 0 Å². The molecule has 168 valence electrons. The van der Waals surface area contributed by atoms with Gasteiger partial charge in [-0.05, 0) is 55.2 Å². The number of pyridine rings is 1. The Morgan fingerprint density at radius 2 is 1.67 bits per heavy atom. The molecule has 0 aliphatic heterocycles. The Morgan fingerprint density at radius 3 is 2.42 bits per heavy atom. The van der Waals surface area contributed by atoms with E-state index in [4.69, 9.17) is 0 Å². The lowest BCUT2D eigenvalue weighted by Gasteiger charge is -2.23. The largest absolute Gasteiger partial charge is 0.322 e. The van der Waals surface area contributed by atoms with Crippen molar-refractivity contribution < 1.29 is 9.18 Å². The van der Waals surface area contributed by atoms with Crippen LogP contribution in [0.1, 0.15) is 22.3 Å². The van der Waals surface area contributed by atoms with Gasteiger partial charge < -0.3 is 15.2 Å². The Kier molecular flexibility index (Phi) is 6.54. The summed E-state index contributed by atoms with van der Waals surface area (Å²) in [4.78, 5) is 30.5. The molecule has 0 bridgehead atoms. The number of fused-ring (bicyclic) bond motifs is 1. The van der Waals surface area contributed by atoms with E-state index in [1.54, 1.807) is 17.0 Å². The highest BCUT2D eigenvalue weighted by atomic mass is 19.1. The van der Waals surface area contributed by atoms with Gasteiger partial charge >= 0.3 is 6.03 Å². The van der Waals surface area contributed by atoms with Gasteiger partial charge in [0.2, 0.25) is 0 Å². The van der Waals surface area contributed by atoms with E-state index in [0.29, 0.717) is 18.5 Å². The molecule has 4 rings (SSSR count). The Bertz CT molecular complexity index is 1350. The van der Waals surface area contributed by atoms with E-state index in [2.05, 4.69) is 10.3 Å². The molecule has 33 heavy (non-hydrogen) atoms. The van der Waals surface area contributed by atoms with Gasteiger partial charge in [-0.15, -0.1) is 0 Å². The van der Waals surface area contributed by atoms with Crippen molar-refractivity contribution in [1.29, 1.82) is 0 Å². The fourth-order valence-electron chi connectivity index (χ4n) is 3.86. The van der Waals surface area contributed by atoms with Gasteiger partial charge in [-0.2, -0.15) is 0 Å². The first kappa shape index (κ1) is 22.3. The third-order valence-electron chi connectivity index (χ3n) is 5.80. The fourth-order valence-corrected chi connectivity index (χ4v) is 3.86. The zero-order chi connectivity index (χ0) is 23.4. The van der Waals surface area contributed by atoms with Crippen LogP contribution in [0.25, 0.3) is 10.9 Å². The highest BCUT2D eigenvalue weighted by Gasteiger charge is 2.18. The zero-order valence-corrected chi connectivity index (χ0v) is 18.7. The number of carbonyl (C=O) groups is 1. The van der Waals surface area contributed by atoms with E-state index in [-0.39, 0.29) is 17.8 Å². The average Bonchev–Trinajstić information content (AvgIpc) is 2.82. The molecule has 0 radical (unpaired) electrons. The Hall–Kier alpha value is -3.93. The summed E-state index contributed by atoms with van der Waals surface area (Å²) in [5.74, 6) is -0.511. The van der Waals surface area contributed by atoms with Crippen LogP contribution in [0.15, 0.2) is 77.6 Å². The number of halogens is 1. The number of rotatable bonds is 6. The minimum atomic E-state index is -0.511. The highest BCUT2D eigenvalue weighted by Crippen LogP contribution is 2.21. The van der Waals surface area contributed by atoms with Gasteiger partial charge in [-0.1, -0.05) is 54.6 Å². The van der Waals surface area contributed by atoms with Crippen molar-refractivity contribution in [3.8, 4) is 0 Å². The van der Waals surface area contributed by atoms with Crippen LogP contribution in [-0.4, -0.2) is 22.5 Å². The Balaban J connectivity index is 1.64. The number of aryl methyl sites for hydroxylation is 2. The van der Waals surface area contributed by atoms with Crippen LogP contribution in [0.4, 0.5) is 14.9 Å². The molecule has 1 aromatic heterocycles. The molecule has 2 N–H and O–H groups in total. The van der Waals surface area contributed by atoms with Crippen molar-refractivity contribution in [3.05, 3.63) is 111 Å². The minimum absolute atomic E-state index is 0.103. The number of aromatic amines is 1. The van der Waals surface area contributed by atoms with E-state index in [1.807, 2.05) is 62.4 Å². The molecule has 0 saturated carbocycles. The third-order valence-corrected chi connectivity index (χ3v) is 5.80. The maximum Gasteiger partial charge on any atom is 0.322 e. The lowest BCUT2D eigenvalue weighted by molar-refractivity contribution is 0.209. The predicted octanol–water partition coefficient (Wildman–Crippen LogP) is 5.56. The van der Waals surface area contributed by atoms with Gasteiger partial charge in [0, 0.05) is 17.5 Å². The summed E-state index contributed by atoms with van der Waals surface area (Å²) >= 11 is 0. The number of nitrogens with zero attached hydrogens (tertiary/aromatic N) is 1. The molecule has 0 spiro atoms. The maximum atomic E-state index is 14.1. The molecule has 6 heteroatoms. The predicted molar refractivity (Wildman–Crippen MR) is 130 cm³/mol. The number of urea groups is 1. The summed E-state index contributed by atoms with van der Waals surface area (Å²) < 4.78 is 14.1. The first-order valence-corrected chi connectivity index (χ1v) is 10.9. The number of hydrogen-bond donors (Lipinski definition) is 2. The summed E-state index contributed by atoms with van der Waals surface area (Å²) in [6.45, 7) is 4.41. The summed E-state index contributed by atoms with van der Waals surface area (Å²) in [7, 11) is 0. The standard InChI is InChI=1S/C27H26FN3O2/c1-18-12-13-19(2)25-22(18)16-21(26(32)30-25)17-31(15-14-20-8-4-3-5-9-20)27(33)29-24-11-7-6-10-23(24)28/h3-13,16H,14-15,17H2,1-2H3,(H,29,33)(H,30,32). The second-order valence-electron chi connectivity index (χ2n) is 8.18. The van der Waals surface area contributed by atoms with Crippen LogP contribution in [0.2, 0.25) is 0 Å². The van der Waals surface area contributed by atoms with E-state index in [0.717, 1.165) is 27.6 Å². The van der Waals surface area contributed by atoms with Crippen molar-refractivity contribution in [2.45, 2.75) is 26.8 Å². The SMILES string of the molecule is Cc1ccc(C)c2[nH]c(=O)c(CN(CCc3ccccc3)C(=O)Nc3ccccc3F)cc12.